The largest absolute Gasteiger partial charge is 0.497 e. The fourth-order valence-corrected chi connectivity index (χ4v) is 6.18. The number of nitrogens with two attached hydrogens (primary N) is 1. The number of carboxylic acids is 1. The first kappa shape index (κ1) is 26.2. The van der Waals surface area contributed by atoms with Gasteiger partial charge in [-0.25, -0.2) is 8.42 Å². The number of nitrogen functional groups attached to an aromatic ring is 1. The molecule has 1 saturated heterocycles. The highest BCUT2D eigenvalue weighted by Crippen LogP contribution is 2.33. The van der Waals surface area contributed by atoms with Crippen molar-refractivity contribution in [3.8, 4) is 22.6 Å². The number of ether oxygens (including phenoxy) is 2. The normalized spacial score (nSPS) is 17.9. The molecule has 1 heterocycles. The lowest BCUT2D eigenvalue weighted by atomic mass is 10.0. The minimum absolute atomic E-state index is 0.0100. The van der Waals surface area contributed by atoms with E-state index in [0.717, 1.165) is 11.1 Å². The molecule has 0 amide bonds. The number of aliphatic carboxylic acids is 1. The highest BCUT2D eigenvalue weighted by Gasteiger charge is 2.41. The van der Waals surface area contributed by atoms with Gasteiger partial charge in [-0.15, -0.1) is 0 Å². The molecule has 0 spiro atoms. The summed E-state index contributed by atoms with van der Waals surface area (Å²) in [6.07, 6.45) is 0.282. The predicted molar refractivity (Wildman–Crippen MR) is 139 cm³/mol. The lowest BCUT2D eigenvalue weighted by molar-refractivity contribution is -0.138. The van der Waals surface area contributed by atoms with Crippen LogP contribution < -0.4 is 15.2 Å². The Bertz CT molecular complexity index is 1360. The van der Waals surface area contributed by atoms with Crippen LogP contribution in [0.15, 0.2) is 77.7 Å². The van der Waals surface area contributed by atoms with E-state index in [0.29, 0.717) is 23.5 Å². The first-order chi connectivity index (χ1) is 17.7. The Kier molecular flexibility index (Phi) is 7.80. The third-order valence-electron chi connectivity index (χ3n) is 6.41. The van der Waals surface area contributed by atoms with E-state index in [1.54, 1.807) is 36.4 Å². The van der Waals surface area contributed by atoms with Crippen molar-refractivity contribution in [1.82, 2.24) is 4.31 Å². The summed E-state index contributed by atoms with van der Waals surface area (Å²) < 4.78 is 39.3. The average molecular weight is 524 g/mol. The zero-order valence-electron chi connectivity index (χ0n) is 20.3. The summed E-state index contributed by atoms with van der Waals surface area (Å²) in [5.74, 6) is -0.134. The van der Waals surface area contributed by atoms with Crippen LogP contribution in [-0.2, 0) is 14.8 Å². The molecule has 4 rings (SSSR count). The molecule has 0 bridgehead atoms. The summed E-state index contributed by atoms with van der Waals surface area (Å²) in [5.41, 5.74) is 8.07. The third-order valence-corrected chi connectivity index (χ3v) is 8.34. The molecule has 4 N–H and O–H groups in total. The van der Waals surface area contributed by atoms with Gasteiger partial charge in [0, 0.05) is 18.5 Å². The Hall–Kier alpha value is -3.89. The zero-order chi connectivity index (χ0) is 26.6. The molecule has 1 aliphatic heterocycles. The molecule has 9 nitrogen and oxygen atoms in total. The van der Waals surface area contributed by atoms with Crippen LogP contribution in [0.1, 0.15) is 18.4 Å². The molecule has 0 aromatic heterocycles. The Morgan fingerprint density at radius 3 is 2.11 bits per heavy atom. The molecule has 0 aliphatic carbocycles. The second kappa shape index (κ2) is 11.0. The standard InChI is InChI=1S/C27H29N3O6S/c1-35-23-10-12-25(13-11-23)37(33,34)30-16-18(15-26(31)32)14-22(30)17-36-24-8-6-20(7-9-24)19-2-4-21(5-3-19)27(28)29/h2-13,18,22H,14-17H2,1H3,(H3,28,29)(H,31,32)/t18-,22-/m0/s1. The van der Waals surface area contributed by atoms with Crippen molar-refractivity contribution >= 4 is 21.8 Å². The van der Waals surface area contributed by atoms with Crippen molar-refractivity contribution < 1.29 is 27.8 Å². The highest BCUT2D eigenvalue weighted by atomic mass is 32.2. The van der Waals surface area contributed by atoms with Crippen molar-refractivity contribution in [1.29, 1.82) is 5.41 Å². The van der Waals surface area contributed by atoms with E-state index in [4.69, 9.17) is 20.6 Å². The van der Waals surface area contributed by atoms with Gasteiger partial charge < -0.3 is 20.3 Å². The Morgan fingerprint density at radius 1 is 1.00 bits per heavy atom. The minimum atomic E-state index is -3.86. The van der Waals surface area contributed by atoms with Crippen LogP contribution in [0.3, 0.4) is 0 Å². The van der Waals surface area contributed by atoms with E-state index in [1.807, 2.05) is 24.3 Å². The van der Waals surface area contributed by atoms with E-state index in [9.17, 15) is 18.3 Å². The molecule has 194 valence electrons. The molecule has 0 unspecified atom stereocenters. The number of hydrogen-bond donors (Lipinski definition) is 3. The molecule has 10 heteroatoms. The summed E-state index contributed by atoms with van der Waals surface area (Å²) >= 11 is 0. The molecule has 1 aliphatic rings. The van der Waals surface area contributed by atoms with Crippen LogP contribution in [-0.4, -0.2) is 55.9 Å². The van der Waals surface area contributed by atoms with Crippen LogP contribution >= 0.6 is 0 Å². The molecule has 3 aromatic rings. The van der Waals surface area contributed by atoms with Crippen molar-refractivity contribution in [2.45, 2.75) is 23.8 Å². The number of carbonyl (C=O) groups is 1. The Morgan fingerprint density at radius 2 is 1.57 bits per heavy atom. The molecular weight excluding hydrogens is 494 g/mol. The van der Waals surface area contributed by atoms with Crippen molar-refractivity contribution in [3.63, 3.8) is 0 Å². The van der Waals surface area contributed by atoms with E-state index < -0.39 is 22.0 Å². The van der Waals surface area contributed by atoms with Gasteiger partial charge in [-0.2, -0.15) is 4.31 Å². The van der Waals surface area contributed by atoms with Gasteiger partial charge in [0.15, 0.2) is 0 Å². The summed E-state index contributed by atoms with van der Waals surface area (Å²) in [5, 5.41) is 16.8. The maximum absolute atomic E-state index is 13.4. The first-order valence-corrected chi connectivity index (χ1v) is 13.2. The monoisotopic (exact) mass is 523 g/mol. The van der Waals surface area contributed by atoms with Crippen LogP contribution in [0.5, 0.6) is 11.5 Å². The molecule has 0 radical (unpaired) electrons. The van der Waals surface area contributed by atoms with Crippen LogP contribution in [0.25, 0.3) is 11.1 Å². The lowest BCUT2D eigenvalue weighted by Gasteiger charge is -2.24. The first-order valence-electron chi connectivity index (χ1n) is 11.7. The average Bonchev–Trinajstić information content (AvgIpc) is 3.30. The number of benzene rings is 3. The molecule has 37 heavy (non-hydrogen) atoms. The van der Waals surface area contributed by atoms with E-state index >= 15 is 0 Å². The van der Waals surface area contributed by atoms with Crippen LogP contribution in [0.4, 0.5) is 0 Å². The topological polar surface area (TPSA) is 143 Å². The maximum atomic E-state index is 13.4. The second-order valence-corrected chi connectivity index (χ2v) is 10.8. The number of carboxylic acid groups (broad SMARTS) is 1. The number of methoxy groups -OCH3 is 1. The van der Waals surface area contributed by atoms with Gasteiger partial charge in [-0.3, -0.25) is 10.2 Å². The summed E-state index contributed by atoms with van der Waals surface area (Å²) in [7, 11) is -2.35. The van der Waals surface area contributed by atoms with E-state index in [2.05, 4.69) is 0 Å². The number of nitrogens with zero attached hydrogens (tertiary/aromatic N) is 1. The summed E-state index contributed by atoms with van der Waals surface area (Å²) in [6, 6.07) is 20.4. The summed E-state index contributed by atoms with van der Waals surface area (Å²) in [6.45, 7) is 0.210. The molecule has 2 atom stereocenters. The molecule has 1 fully saturated rings. The van der Waals surface area contributed by atoms with Crippen molar-refractivity contribution in [3.05, 3.63) is 78.4 Å². The van der Waals surface area contributed by atoms with Gasteiger partial charge in [-0.1, -0.05) is 36.4 Å². The molecule has 0 saturated carbocycles. The zero-order valence-corrected chi connectivity index (χ0v) is 21.1. The predicted octanol–water partition coefficient (Wildman–Crippen LogP) is 3.58. The quantitative estimate of drug-likeness (QED) is 0.272. The van der Waals surface area contributed by atoms with Crippen molar-refractivity contribution in [2.75, 3.05) is 20.3 Å². The van der Waals surface area contributed by atoms with Gasteiger partial charge in [0.05, 0.1) is 18.0 Å². The minimum Gasteiger partial charge on any atom is -0.497 e. The Labute approximate surface area is 216 Å². The fraction of sp³-hybridized carbons (Fsp3) is 0.259. The van der Waals surface area contributed by atoms with Gasteiger partial charge in [0.2, 0.25) is 10.0 Å². The number of hydrogen-bond acceptors (Lipinski definition) is 6. The Balaban J connectivity index is 1.48. The van der Waals surface area contributed by atoms with Crippen LogP contribution in [0, 0.1) is 11.3 Å². The number of sulfonamides is 1. The summed E-state index contributed by atoms with van der Waals surface area (Å²) in [4.78, 5) is 11.4. The smallest absolute Gasteiger partial charge is 0.303 e. The highest BCUT2D eigenvalue weighted by molar-refractivity contribution is 7.89. The molecule has 3 aromatic carbocycles. The van der Waals surface area contributed by atoms with Crippen LogP contribution in [0.2, 0.25) is 0 Å². The van der Waals surface area contributed by atoms with E-state index in [-0.39, 0.29) is 36.2 Å². The molecular formula is C27H29N3O6S. The van der Waals surface area contributed by atoms with Gasteiger partial charge in [0.1, 0.15) is 23.9 Å². The third kappa shape index (κ3) is 6.10. The SMILES string of the molecule is COc1ccc(S(=O)(=O)N2C[C@H](CC(=O)O)C[C@H]2COc2ccc(-c3ccc(C(=N)N)cc3)cc2)cc1. The number of amidine groups is 1. The van der Waals surface area contributed by atoms with Gasteiger partial charge >= 0.3 is 5.97 Å². The van der Waals surface area contributed by atoms with E-state index in [1.165, 1.54) is 23.5 Å². The lowest BCUT2D eigenvalue weighted by Crippen LogP contribution is -2.39. The second-order valence-electron chi connectivity index (χ2n) is 8.93. The fourth-order valence-electron chi connectivity index (χ4n) is 4.48. The van der Waals surface area contributed by atoms with Gasteiger partial charge in [-0.05, 0) is 59.9 Å². The number of rotatable bonds is 10. The van der Waals surface area contributed by atoms with Gasteiger partial charge in [0.25, 0.3) is 0 Å². The van der Waals surface area contributed by atoms with Crippen molar-refractivity contribution in [2.24, 2.45) is 11.7 Å². The maximum Gasteiger partial charge on any atom is 0.303 e. The number of nitrogens with one attached hydrogen (secondary N) is 1.